The van der Waals surface area contributed by atoms with Gasteiger partial charge in [-0.3, -0.25) is 9.78 Å². The Balaban J connectivity index is 1.65. The molecular weight excluding hydrogens is 352 g/mol. The van der Waals surface area contributed by atoms with E-state index in [2.05, 4.69) is 65.9 Å². The second kappa shape index (κ2) is 7.59. The van der Waals surface area contributed by atoms with Crippen LogP contribution in [0.4, 0.5) is 11.8 Å². The highest BCUT2D eigenvalue weighted by Gasteiger charge is 2.39. The van der Waals surface area contributed by atoms with Crippen LogP contribution in [0.2, 0.25) is 0 Å². The number of aromatic amines is 1. The summed E-state index contributed by atoms with van der Waals surface area (Å²) >= 11 is 0. The zero-order valence-corrected chi connectivity index (χ0v) is 17.0. The van der Waals surface area contributed by atoms with E-state index in [0.29, 0.717) is 12.6 Å². The third kappa shape index (κ3) is 3.65. The Hall–Kier alpha value is -2.34. The van der Waals surface area contributed by atoms with Crippen LogP contribution in [0, 0.1) is 0 Å². The number of nitrogens with zero attached hydrogens (tertiary/aromatic N) is 3. The van der Waals surface area contributed by atoms with E-state index in [0.717, 1.165) is 38.3 Å². The van der Waals surface area contributed by atoms with E-state index in [9.17, 15) is 4.79 Å². The number of benzene rings is 1. The second-order valence-corrected chi connectivity index (χ2v) is 8.49. The number of anilines is 2. The number of aromatic nitrogens is 2. The molecule has 6 nitrogen and oxygen atoms in total. The number of hydrogen-bond acceptors (Lipinski definition) is 5. The average Bonchev–Trinajstić information content (AvgIpc) is 3.19. The molecule has 1 aromatic heterocycles. The predicted octanol–water partition coefficient (Wildman–Crippen LogP) is 2.94. The first-order valence-corrected chi connectivity index (χ1v) is 10.3. The summed E-state index contributed by atoms with van der Waals surface area (Å²) in [7, 11) is 0. The van der Waals surface area contributed by atoms with Crippen LogP contribution >= 0.6 is 0 Å². The van der Waals surface area contributed by atoms with Gasteiger partial charge in [-0.2, -0.15) is 4.98 Å². The first-order valence-electron chi connectivity index (χ1n) is 10.3. The fourth-order valence-corrected chi connectivity index (χ4v) is 4.59. The van der Waals surface area contributed by atoms with Gasteiger partial charge in [0.15, 0.2) is 0 Å². The van der Waals surface area contributed by atoms with Gasteiger partial charge < -0.3 is 14.5 Å². The number of nitrogens with one attached hydrogen (secondary N) is 1. The summed E-state index contributed by atoms with van der Waals surface area (Å²) in [4.78, 5) is 24.8. The molecule has 0 spiro atoms. The number of rotatable bonds is 4. The molecule has 0 saturated carbocycles. The largest absolute Gasteiger partial charge is 0.375 e. The van der Waals surface area contributed by atoms with Gasteiger partial charge >= 0.3 is 0 Å². The van der Waals surface area contributed by atoms with E-state index in [1.807, 2.05) is 0 Å². The molecule has 2 saturated heterocycles. The molecule has 0 bridgehead atoms. The quantitative estimate of drug-likeness (QED) is 0.881. The zero-order valence-electron chi connectivity index (χ0n) is 17.0. The number of H-pyrrole nitrogens is 1. The lowest BCUT2D eigenvalue weighted by molar-refractivity contribution is 0.0529. The molecule has 150 valence electrons. The molecule has 4 rings (SSSR count). The minimum Gasteiger partial charge on any atom is -0.375 e. The lowest BCUT2D eigenvalue weighted by Crippen LogP contribution is -2.46. The maximum atomic E-state index is 12.4. The van der Waals surface area contributed by atoms with Crippen molar-refractivity contribution in [3.05, 3.63) is 52.3 Å². The normalized spacial score (nSPS) is 23.2. The van der Waals surface area contributed by atoms with Crippen molar-refractivity contribution in [2.24, 2.45) is 0 Å². The van der Waals surface area contributed by atoms with Crippen LogP contribution in [0.1, 0.15) is 39.2 Å². The van der Waals surface area contributed by atoms with Crippen molar-refractivity contribution in [3.63, 3.8) is 0 Å². The molecule has 2 fully saturated rings. The molecule has 0 aliphatic carbocycles. The van der Waals surface area contributed by atoms with Crippen molar-refractivity contribution in [2.75, 3.05) is 36.0 Å². The van der Waals surface area contributed by atoms with Gasteiger partial charge in [-0.05, 0) is 25.3 Å². The Kier molecular flexibility index (Phi) is 5.15. The topological polar surface area (TPSA) is 61.5 Å². The first-order chi connectivity index (χ1) is 13.4. The van der Waals surface area contributed by atoms with Gasteiger partial charge in [-0.1, -0.05) is 44.2 Å². The molecule has 2 atom stereocenters. The third-order valence-corrected chi connectivity index (χ3v) is 6.16. The molecular formula is C22H30N4O2. The molecule has 1 aromatic carbocycles. The van der Waals surface area contributed by atoms with Crippen molar-refractivity contribution < 1.29 is 4.74 Å². The first kappa shape index (κ1) is 19.0. The van der Waals surface area contributed by atoms with Gasteiger partial charge in [0.05, 0.1) is 12.7 Å². The minimum atomic E-state index is -0.0951. The van der Waals surface area contributed by atoms with Crippen LogP contribution in [0.3, 0.4) is 0 Å². The van der Waals surface area contributed by atoms with Crippen LogP contribution in [0.15, 0.2) is 41.2 Å². The summed E-state index contributed by atoms with van der Waals surface area (Å²) in [5.41, 5.74) is 1.18. The molecule has 28 heavy (non-hydrogen) atoms. The summed E-state index contributed by atoms with van der Waals surface area (Å²) in [6.45, 7) is 9.73. The van der Waals surface area contributed by atoms with Crippen molar-refractivity contribution >= 4 is 11.8 Å². The van der Waals surface area contributed by atoms with Crippen molar-refractivity contribution in [1.82, 2.24) is 9.97 Å². The van der Waals surface area contributed by atoms with E-state index in [4.69, 9.17) is 9.72 Å². The Bertz CT molecular complexity index is 864. The van der Waals surface area contributed by atoms with E-state index >= 15 is 0 Å². The van der Waals surface area contributed by atoms with Crippen LogP contribution in [-0.4, -0.2) is 48.4 Å². The highest BCUT2D eigenvalue weighted by Crippen LogP contribution is 2.37. The van der Waals surface area contributed by atoms with Crippen LogP contribution in [0.5, 0.6) is 0 Å². The van der Waals surface area contributed by atoms with Gasteiger partial charge in [0.25, 0.3) is 5.56 Å². The highest BCUT2D eigenvalue weighted by atomic mass is 16.5. The molecule has 0 amide bonds. The third-order valence-electron chi connectivity index (χ3n) is 6.16. The predicted molar refractivity (Wildman–Crippen MR) is 112 cm³/mol. The summed E-state index contributed by atoms with van der Waals surface area (Å²) < 4.78 is 5.63. The van der Waals surface area contributed by atoms with Crippen LogP contribution < -0.4 is 15.4 Å². The summed E-state index contributed by atoms with van der Waals surface area (Å²) in [6, 6.07) is 12.5. The van der Waals surface area contributed by atoms with Crippen molar-refractivity contribution in [3.8, 4) is 0 Å². The molecule has 0 unspecified atom stereocenters. The van der Waals surface area contributed by atoms with Crippen LogP contribution in [-0.2, 0) is 10.2 Å². The molecule has 3 heterocycles. The average molecular weight is 383 g/mol. The van der Waals surface area contributed by atoms with Gasteiger partial charge in [-0.25, -0.2) is 0 Å². The summed E-state index contributed by atoms with van der Waals surface area (Å²) in [6.07, 6.45) is 2.34. The summed E-state index contributed by atoms with van der Waals surface area (Å²) in [5.74, 6) is 1.44. The van der Waals surface area contributed by atoms with Crippen molar-refractivity contribution in [1.29, 1.82) is 0 Å². The lowest BCUT2D eigenvalue weighted by Gasteiger charge is -2.39. The van der Waals surface area contributed by atoms with E-state index in [1.165, 1.54) is 5.56 Å². The Morgan fingerprint density at radius 3 is 2.75 bits per heavy atom. The number of hydrogen-bond donors (Lipinski definition) is 1. The maximum absolute atomic E-state index is 12.4. The Morgan fingerprint density at radius 1 is 1.21 bits per heavy atom. The Morgan fingerprint density at radius 2 is 2.00 bits per heavy atom. The molecule has 2 aromatic rings. The van der Waals surface area contributed by atoms with Gasteiger partial charge in [0, 0.05) is 37.2 Å². The van der Waals surface area contributed by atoms with Crippen molar-refractivity contribution in [2.45, 2.75) is 51.2 Å². The minimum absolute atomic E-state index is 0.0419. The monoisotopic (exact) mass is 382 g/mol. The smallest absolute Gasteiger partial charge is 0.254 e. The Labute approximate surface area is 166 Å². The number of ether oxygens (including phenoxy) is 1. The zero-order chi connectivity index (χ0) is 19.7. The molecule has 2 aliphatic heterocycles. The van der Waals surface area contributed by atoms with E-state index in [1.54, 1.807) is 6.07 Å². The molecule has 2 aliphatic rings. The van der Waals surface area contributed by atoms with Gasteiger partial charge in [-0.15, -0.1) is 0 Å². The molecule has 0 radical (unpaired) electrons. The lowest BCUT2D eigenvalue weighted by atomic mass is 9.76. The second-order valence-electron chi connectivity index (χ2n) is 8.49. The van der Waals surface area contributed by atoms with Crippen LogP contribution in [0.25, 0.3) is 0 Å². The standard InChI is InChI=1S/C22H30N4O2/c1-16-15-25(12-13-28-16)19-14-20(27)24-21(23-19)26-11-7-10-18(26)22(2,3)17-8-5-4-6-9-17/h4-6,8-9,14,16,18H,7,10-13,15H2,1-3H3,(H,23,24,27)/t16-,18-/m1/s1. The highest BCUT2D eigenvalue weighted by molar-refractivity contribution is 5.46. The van der Waals surface area contributed by atoms with E-state index < -0.39 is 0 Å². The number of morpholine rings is 1. The van der Waals surface area contributed by atoms with Gasteiger partial charge in [0.2, 0.25) is 5.95 Å². The SMILES string of the molecule is C[C@@H]1CN(c2cc(=O)[nH]c(N3CCC[C@@H]3C(C)(C)c3ccccc3)n2)CCO1. The fourth-order valence-electron chi connectivity index (χ4n) is 4.59. The molecule has 6 heteroatoms. The summed E-state index contributed by atoms with van der Waals surface area (Å²) in [5, 5.41) is 0. The van der Waals surface area contributed by atoms with E-state index in [-0.39, 0.29) is 23.1 Å². The molecule has 1 N–H and O–H groups in total. The fraction of sp³-hybridized carbons (Fsp3) is 0.545. The van der Waals surface area contributed by atoms with Gasteiger partial charge in [0.1, 0.15) is 5.82 Å². The maximum Gasteiger partial charge on any atom is 0.254 e.